The quantitative estimate of drug-likeness (QED) is 0.882. The highest BCUT2D eigenvalue weighted by Crippen LogP contribution is 2.36. The Morgan fingerprint density at radius 1 is 1.24 bits per heavy atom. The zero-order valence-corrected chi connectivity index (χ0v) is 12.7. The van der Waals surface area contributed by atoms with E-state index in [0.717, 1.165) is 11.3 Å². The highest BCUT2D eigenvalue weighted by atomic mass is 35.5. The number of fused-ring (bicyclic) bond motifs is 1. The Bertz CT molecular complexity index is 789. The predicted molar refractivity (Wildman–Crippen MR) is 82.6 cm³/mol. The number of para-hydroxylation sites is 1. The van der Waals surface area contributed by atoms with Gasteiger partial charge >= 0.3 is 0 Å². The van der Waals surface area contributed by atoms with Gasteiger partial charge in [0.25, 0.3) is 0 Å². The monoisotopic (exact) mass is 323 g/mol. The second kappa shape index (κ2) is 5.24. The fraction of sp³-hybridized carbons (Fsp3) is 0.200. The zero-order chi connectivity index (χ0) is 15.0. The van der Waals surface area contributed by atoms with Gasteiger partial charge in [-0.2, -0.15) is 0 Å². The molecule has 0 radical (unpaired) electrons. The smallest absolute Gasteiger partial charge is 0.181 e. The third-order valence-corrected chi connectivity index (χ3v) is 5.63. The van der Waals surface area contributed by atoms with E-state index in [1.54, 1.807) is 6.07 Å². The number of nitrogens with two attached hydrogens (primary N) is 1. The maximum atomic E-state index is 12.6. The van der Waals surface area contributed by atoms with E-state index in [2.05, 4.69) is 0 Å². The molecule has 6 heteroatoms. The molecule has 110 valence electrons. The van der Waals surface area contributed by atoms with E-state index >= 15 is 0 Å². The molecule has 0 aliphatic carbocycles. The molecule has 21 heavy (non-hydrogen) atoms. The summed E-state index contributed by atoms with van der Waals surface area (Å²) in [6, 6.07) is 12.0. The van der Waals surface area contributed by atoms with Gasteiger partial charge in [0.15, 0.2) is 9.84 Å². The number of hydrogen-bond acceptors (Lipinski definition) is 4. The van der Waals surface area contributed by atoms with Crippen molar-refractivity contribution in [1.82, 2.24) is 0 Å². The summed E-state index contributed by atoms with van der Waals surface area (Å²) in [7, 11) is -3.53. The van der Waals surface area contributed by atoms with Crippen LogP contribution in [-0.4, -0.2) is 20.8 Å². The van der Waals surface area contributed by atoms with Crippen LogP contribution in [0.25, 0.3) is 0 Å². The fourth-order valence-corrected chi connectivity index (χ4v) is 4.46. The van der Waals surface area contributed by atoms with Crippen LogP contribution in [0.1, 0.15) is 11.5 Å². The molecule has 1 aliphatic heterocycles. The van der Waals surface area contributed by atoms with Gasteiger partial charge in [-0.3, -0.25) is 0 Å². The van der Waals surface area contributed by atoms with E-state index in [-0.39, 0.29) is 22.3 Å². The molecule has 0 saturated heterocycles. The van der Waals surface area contributed by atoms with Crippen LogP contribution in [-0.2, 0) is 9.84 Å². The van der Waals surface area contributed by atoms with E-state index in [0.29, 0.717) is 11.6 Å². The van der Waals surface area contributed by atoms with Crippen LogP contribution in [0.2, 0.25) is 5.02 Å². The minimum atomic E-state index is -3.53. The van der Waals surface area contributed by atoms with E-state index in [4.69, 9.17) is 22.1 Å². The van der Waals surface area contributed by atoms with Crippen LogP contribution in [0.3, 0.4) is 0 Å². The normalized spacial score (nSPS) is 17.3. The van der Waals surface area contributed by atoms with Gasteiger partial charge in [0, 0.05) is 16.5 Å². The van der Waals surface area contributed by atoms with Gasteiger partial charge in [0.05, 0.1) is 22.9 Å². The number of benzene rings is 2. The van der Waals surface area contributed by atoms with Crippen molar-refractivity contribution in [1.29, 1.82) is 0 Å². The Balaban J connectivity index is 1.93. The second-order valence-corrected chi connectivity index (χ2v) is 7.45. The molecule has 2 N–H and O–H groups in total. The number of nitrogen functional groups attached to an aromatic ring is 1. The van der Waals surface area contributed by atoms with Crippen LogP contribution in [0.15, 0.2) is 47.4 Å². The van der Waals surface area contributed by atoms with Crippen LogP contribution in [0.5, 0.6) is 5.75 Å². The van der Waals surface area contributed by atoms with Crippen molar-refractivity contribution >= 4 is 27.1 Å². The summed E-state index contributed by atoms with van der Waals surface area (Å²) in [5, 5.41) is 0.353. The molecular formula is C15H14ClNO3S. The highest BCUT2D eigenvalue weighted by molar-refractivity contribution is 7.91. The lowest BCUT2D eigenvalue weighted by Gasteiger charge is -2.12. The molecule has 1 atom stereocenters. The average Bonchev–Trinajstić information content (AvgIpc) is 2.84. The third kappa shape index (κ3) is 2.71. The number of hydrogen-bond donors (Lipinski definition) is 1. The number of rotatable bonds is 3. The van der Waals surface area contributed by atoms with Crippen LogP contribution < -0.4 is 10.5 Å². The molecule has 4 nitrogen and oxygen atoms in total. The van der Waals surface area contributed by atoms with Crippen molar-refractivity contribution in [3.05, 3.63) is 53.1 Å². The van der Waals surface area contributed by atoms with Gasteiger partial charge in [0.2, 0.25) is 0 Å². The number of ether oxygens (including phenoxy) is 1. The van der Waals surface area contributed by atoms with E-state index in [9.17, 15) is 8.42 Å². The van der Waals surface area contributed by atoms with Crippen LogP contribution >= 0.6 is 11.6 Å². The van der Waals surface area contributed by atoms with Crippen molar-refractivity contribution < 1.29 is 13.2 Å². The fourth-order valence-electron chi connectivity index (χ4n) is 2.50. The maximum absolute atomic E-state index is 12.6. The summed E-state index contributed by atoms with van der Waals surface area (Å²) in [5.74, 6) is 0.510. The molecule has 2 aromatic rings. The first kappa shape index (κ1) is 14.2. The molecule has 0 fully saturated rings. The largest absolute Gasteiger partial charge is 0.493 e. The minimum absolute atomic E-state index is 0.0471. The number of sulfone groups is 1. The maximum Gasteiger partial charge on any atom is 0.181 e. The average molecular weight is 324 g/mol. The summed E-state index contributed by atoms with van der Waals surface area (Å²) in [6.07, 6.45) is 0. The summed E-state index contributed by atoms with van der Waals surface area (Å²) in [5.41, 5.74) is 6.91. The lowest BCUT2D eigenvalue weighted by Crippen LogP contribution is -2.17. The Kier molecular flexibility index (Phi) is 3.55. The molecule has 3 rings (SSSR count). The van der Waals surface area contributed by atoms with E-state index < -0.39 is 9.84 Å². The first-order valence-corrected chi connectivity index (χ1v) is 8.50. The van der Waals surface area contributed by atoms with Crippen molar-refractivity contribution in [3.63, 3.8) is 0 Å². The third-order valence-electron chi connectivity index (χ3n) is 3.53. The molecule has 1 aliphatic rings. The molecule has 1 unspecified atom stereocenters. The minimum Gasteiger partial charge on any atom is -0.493 e. The number of halogens is 1. The molecule has 0 amide bonds. The summed E-state index contributed by atoms with van der Waals surface area (Å²) in [4.78, 5) is 0.0828. The molecule has 0 spiro atoms. The van der Waals surface area contributed by atoms with Gasteiger partial charge in [-0.05, 0) is 24.3 Å². The molecule has 0 aromatic heterocycles. The molecule has 2 aromatic carbocycles. The first-order valence-electron chi connectivity index (χ1n) is 6.47. The van der Waals surface area contributed by atoms with Crippen LogP contribution in [0.4, 0.5) is 5.69 Å². The van der Waals surface area contributed by atoms with Crippen LogP contribution in [0, 0.1) is 0 Å². The molecule has 1 heterocycles. The van der Waals surface area contributed by atoms with Gasteiger partial charge in [0.1, 0.15) is 5.75 Å². The Hall–Kier alpha value is -1.72. The topological polar surface area (TPSA) is 69.4 Å². The number of anilines is 1. The van der Waals surface area contributed by atoms with Crippen molar-refractivity contribution in [2.75, 3.05) is 18.1 Å². The van der Waals surface area contributed by atoms with Gasteiger partial charge < -0.3 is 10.5 Å². The lowest BCUT2D eigenvalue weighted by molar-refractivity contribution is 0.337. The van der Waals surface area contributed by atoms with Gasteiger partial charge in [-0.15, -0.1) is 0 Å². The van der Waals surface area contributed by atoms with Crippen molar-refractivity contribution in [2.24, 2.45) is 0 Å². The molecule has 0 saturated carbocycles. The van der Waals surface area contributed by atoms with Gasteiger partial charge in [-0.1, -0.05) is 29.8 Å². The summed E-state index contributed by atoms with van der Waals surface area (Å²) < 4.78 is 30.7. The Morgan fingerprint density at radius 2 is 2.00 bits per heavy atom. The lowest BCUT2D eigenvalue weighted by atomic mass is 10.0. The predicted octanol–water partition coefficient (Wildman–Crippen LogP) is 2.87. The van der Waals surface area contributed by atoms with Crippen molar-refractivity contribution in [3.8, 4) is 5.75 Å². The van der Waals surface area contributed by atoms with E-state index in [1.165, 1.54) is 12.1 Å². The molecular weight excluding hydrogens is 310 g/mol. The van der Waals surface area contributed by atoms with Gasteiger partial charge in [-0.25, -0.2) is 8.42 Å². The molecule has 0 bridgehead atoms. The summed E-state index contributed by atoms with van der Waals surface area (Å²) in [6.45, 7) is 0.360. The SMILES string of the molecule is Nc1ccc(Cl)cc1S(=O)(=O)CC1COc2ccccc21. The summed E-state index contributed by atoms with van der Waals surface area (Å²) >= 11 is 5.88. The van der Waals surface area contributed by atoms with E-state index in [1.807, 2.05) is 24.3 Å². The highest BCUT2D eigenvalue weighted by Gasteiger charge is 2.30. The van der Waals surface area contributed by atoms with Crippen molar-refractivity contribution in [2.45, 2.75) is 10.8 Å². The second-order valence-electron chi connectivity index (χ2n) is 5.01. The standard InChI is InChI=1S/C15H14ClNO3S/c16-11-5-6-13(17)15(7-11)21(18,19)9-10-8-20-14-4-2-1-3-12(10)14/h1-7,10H,8-9,17H2. The first-order chi connectivity index (χ1) is 9.97. The zero-order valence-electron chi connectivity index (χ0n) is 11.1. The Labute approximate surface area is 128 Å². The Morgan fingerprint density at radius 3 is 2.81 bits per heavy atom.